The molecule has 180 valence electrons. The molecule has 0 saturated heterocycles. The number of nitrogens with one attached hydrogen (secondary N) is 1. The summed E-state index contributed by atoms with van der Waals surface area (Å²) >= 11 is 1.07. The molecule has 1 N–H and O–H groups in total. The van der Waals surface area contributed by atoms with Crippen LogP contribution < -0.4 is 5.32 Å². The molecular formula is C24H25F3N4O2S. The number of rotatable bonds is 10. The van der Waals surface area contributed by atoms with Gasteiger partial charge in [0.25, 0.3) is 0 Å². The molecular weight excluding hydrogens is 465 g/mol. The predicted molar refractivity (Wildman–Crippen MR) is 125 cm³/mol. The van der Waals surface area contributed by atoms with Gasteiger partial charge in [0.15, 0.2) is 0 Å². The van der Waals surface area contributed by atoms with Crippen molar-refractivity contribution < 1.29 is 22.8 Å². The Morgan fingerprint density at radius 3 is 2.32 bits per heavy atom. The number of aromatic nitrogens is 2. The van der Waals surface area contributed by atoms with E-state index in [4.69, 9.17) is 0 Å². The minimum absolute atomic E-state index is 0.000918. The molecule has 0 unspecified atom stereocenters. The van der Waals surface area contributed by atoms with E-state index in [1.807, 2.05) is 37.3 Å². The molecule has 1 heterocycles. The van der Waals surface area contributed by atoms with Crippen LogP contribution in [0.15, 0.2) is 54.6 Å². The highest BCUT2D eigenvalue weighted by molar-refractivity contribution is 7.18. The minimum atomic E-state index is -4.41. The van der Waals surface area contributed by atoms with Crippen molar-refractivity contribution >= 4 is 28.3 Å². The lowest BCUT2D eigenvalue weighted by Crippen LogP contribution is -2.34. The van der Waals surface area contributed by atoms with Crippen molar-refractivity contribution in [3.8, 4) is 10.6 Å². The summed E-state index contributed by atoms with van der Waals surface area (Å²) in [5.74, 6) is -0.314. The largest absolute Gasteiger partial charge is 0.416 e. The zero-order chi connectivity index (χ0) is 24.6. The Labute approximate surface area is 199 Å². The van der Waals surface area contributed by atoms with Gasteiger partial charge >= 0.3 is 6.18 Å². The van der Waals surface area contributed by atoms with Gasteiger partial charge in [0.1, 0.15) is 5.01 Å². The number of alkyl halides is 3. The van der Waals surface area contributed by atoms with Crippen LogP contribution in [-0.4, -0.2) is 40.0 Å². The highest BCUT2D eigenvalue weighted by atomic mass is 32.1. The fourth-order valence-electron chi connectivity index (χ4n) is 3.30. The normalized spacial score (nSPS) is 11.3. The van der Waals surface area contributed by atoms with Crippen molar-refractivity contribution in [2.24, 2.45) is 0 Å². The van der Waals surface area contributed by atoms with Gasteiger partial charge < -0.3 is 10.2 Å². The van der Waals surface area contributed by atoms with Crippen molar-refractivity contribution in [2.75, 3.05) is 18.4 Å². The lowest BCUT2D eigenvalue weighted by molar-refractivity contribution is -0.137. The lowest BCUT2D eigenvalue weighted by Gasteiger charge is -2.22. The molecule has 0 aliphatic carbocycles. The molecule has 0 atom stereocenters. The number of hydrogen-bond donors (Lipinski definition) is 1. The van der Waals surface area contributed by atoms with Crippen LogP contribution in [0.25, 0.3) is 10.6 Å². The van der Waals surface area contributed by atoms with Crippen LogP contribution in [0, 0.1) is 0 Å². The number of carbonyl (C=O) groups excluding carboxylic acids is 2. The zero-order valence-electron chi connectivity index (χ0n) is 18.6. The molecule has 0 fully saturated rings. The Balaban J connectivity index is 1.51. The van der Waals surface area contributed by atoms with E-state index in [1.54, 1.807) is 4.90 Å². The second-order valence-electron chi connectivity index (χ2n) is 7.65. The summed E-state index contributed by atoms with van der Waals surface area (Å²) in [7, 11) is 0. The monoisotopic (exact) mass is 490 g/mol. The highest BCUT2D eigenvalue weighted by Crippen LogP contribution is 2.32. The lowest BCUT2D eigenvalue weighted by atomic mass is 10.1. The number of nitrogens with zero attached hydrogens (tertiary/aromatic N) is 3. The smallest absolute Gasteiger partial charge is 0.342 e. The molecule has 0 bridgehead atoms. The molecule has 6 nitrogen and oxygen atoms in total. The van der Waals surface area contributed by atoms with E-state index in [1.165, 1.54) is 12.1 Å². The first-order chi connectivity index (χ1) is 16.3. The summed E-state index contributed by atoms with van der Waals surface area (Å²) < 4.78 is 38.2. The third-order valence-corrected chi connectivity index (χ3v) is 5.94. The summed E-state index contributed by atoms with van der Waals surface area (Å²) in [5.41, 5.74) is 0.818. The second kappa shape index (κ2) is 11.7. The molecule has 1 aromatic heterocycles. The van der Waals surface area contributed by atoms with E-state index in [-0.39, 0.29) is 29.9 Å². The van der Waals surface area contributed by atoms with Crippen LogP contribution in [0.1, 0.15) is 37.3 Å². The SMILES string of the molecule is CCCN(CCC(=O)Nc1nnc(-c2ccc(C(F)(F)F)cc2)s1)C(=O)CCc1ccccc1. The van der Waals surface area contributed by atoms with E-state index in [9.17, 15) is 22.8 Å². The van der Waals surface area contributed by atoms with Gasteiger partial charge in [0.05, 0.1) is 5.56 Å². The van der Waals surface area contributed by atoms with E-state index < -0.39 is 11.7 Å². The molecule has 0 saturated carbocycles. The number of aryl methyl sites for hydroxylation is 1. The molecule has 10 heteroatoms. The first-order valence-corrected chi connectivity index (χ1v) is 11.7. The van der Waals surface area contributed by atoms with Gasteiger partial charge in [0.2, 0.25) is 16.9 Å². The van der Waals surface area contributed by atoms with Crippen LogP contribution in [-0.2, 0) is 22.2 Å². The fourth-order valence-corrected chi connectivity index (χ4v) is 4.06. The number of anilines is 1. The van der Waals surface area contributed by atoms with Gasteiger partial charge in [-0.2, -0.15) is 13.2 Å². The van der Waals surface area contributed by atoms with Gasteiger partial charge in [-0.1, -0.05) is 60.7 Å². The average Bonchev–Trinajstić information content (AvgIpc) is 3.28. The molecule has 3 aromatic rings. The van der Waals surface area contributed by atoms with Gasteiger partial charge in [-0.05, 0) is 30.5 Å². The van der Waals surface area contributed by atoms with Gasteiger partial charge in [-0.15, -0.1) is 10.2 Å². The van der Waals surface area contributed by atoms with E-state index in [0.29, 0.717) is 30.0 Å². The van der Waals surface area contributed by atoms with E-state index in [2.05, 4.69) is 15.5 Å². The minimum Gasteiger partial charge on any atom is -0.342 e. The third-order valence-electron chi connectivity index (χ3n) is 5.06. The molecule has 0 radical (unpaired) electrons. The maximum Gasteiger partial charge on any atom is 0.416 e. The highest BCUT2D eigenvalue weighted by Gasteiger charge is 2.30. The second-order valence-corrected chi connectivity index (χ2v) is 8.63. The maximum atomic E-state index is 12.7. The van der Waals surface area contributed by atoms with Crippen LogP contribution in [0.3, 0.4) is 0 Å². The van der Waals surface area contributed by atoms with Crippen LogP contribution in [0.5, 0.6) is 0 Å². The molecule has 3 rings (SSSR count). The van der Waals surface area contributed by atoms with Gasteiger partial charge in [-0.25, -0.2) is 0 Å². The molecule has 0 spiro atoms. The van der Waals surface area contributed by atoms with Crippen LogP contribution in [0.4, 0.5) is 18.3 Å². The Hall–Kier alpha value is -3.27. The topological polar surface area (TPSA) is 75.2 Å². The zero-order valence-corrected chi connectivity index (χ0v) is 19.5. The van der Waals surface area contributed by atoms with Gasteiger partial charge in [-0.3, -0.25) is 9.59 Å². The summed E-state index contributed by atoms with van der Waals surface area (Å²) in [5, 5.41) is 11.1. The number of amides is 2. The standard InChI is InChI=1S/C24H25F3N4O2S/c1-2-15-31(21(33)13-8-17-6-4-3-5-7-17)16-14-20(32)28-23-30-29-22(34-23)18-9-11-19(12-10-18)24(25,26)27/h3-7,9-12H,2,8,13-16H2,1H3,(H,28,30,32). The Morgan fingerprint density at radius 2 is 1.68 bits per heavy atom. The van der Waals surface area contributed by atoms with Crippen molar-refractivity contribution in [1.82, 2.24) is 15.1 Å². The van der Waals surface area contributed by atoms with E-state index >= 15 is 0 Å². The predicted octanol–water partition coefficient (Wildman–Crippen LogP) is 5.42. The number of benzene rings is 2. The maximum absolute atomic E-state index is 12.7. The molecule has 0 aliphatic rings. The molecule has 34 heavy (non-hydrogen) atoms. The summed E-state index contributed by atoms with van der Waals surface area (Å²) in [4.78, 5) is 26.7. The van der Waals surface area contributed by atoms with Crippen molar-refractivity contribution in [3.05, 3.63) is 65.7 Å². The quantitative estimate of drug-likeness (QED) is 0.412. The molecule has 2 aromatic carbocycles. The first kappa shape index (κ1) is 25.4. The van der Waals surface area contributed by atoms with Crippen LogP contribution in [0.2, 0.25) is 0 Å². The Kier molecular flexibility index (Phi) is 8.75. The first-order valence-electron chi connectivity index (χ1n) is 10.9. The summed E-state index contributed by atoms with van der Waals surface area (Å²) in [6.07, 6.45) is -2.51. The van der Waals surface area contributed by atoms with Gasteiger partial charge in [0, 0.05) is 31.5 Å². The summed E-state index contributed by atoms with van der Waals surface area (Å²) in [6, 6.07) is 14.3. The number of carbonyl (C=O) groups is 2. The van der Waals surface area contributed by atoms with Crippen LogP contribution >= 0.6 is 11.3 Å². The Morgan fingerprint density at radius 1 is 0.971 bits per heavy atom. The van der Waals surface area contributed by atoms with Crippen molar-refractivity contribution in [3.63, 3.8) is 0 Å². The Bertz CT molecular complexity index is 1090. The number of hydrogen-bond acceptors (Lipinski definition) is 5. The van der Waals surface area contributed by atoms with Crippen molar-refractivity contribution in [2.45, 2.75) is 38.8 Å². The van der Waals surface area contributed by atoms with E-state index in [0.717, 1.165) is 35.5 Å². The fraction of sp³-hybridized carbons (Fsp3) is 0.333. The summed E-state index contributed by atoms with van der Waals surface area (Å²) in [6.45, 7) is 2.83. The average molecular weight is 491 g/mol. The van der Waals surface area contributed by atoms with Crippen molar-refractivity contribution in [1.29, 1.82) is 0 Å². The molecule has 0 aliphatic heterocycles. The molecule has 2 amide bonds. The third kappa shape index (κ3) is 7.38. The number of halogens is 3.